The van der Waals surface area contributed by atoms with Crippen LogP contribution >= 0.6 is 0 Å². The third kappa shape index (κ3) is 5.32. The first-order valence-electron chi connectivity index (χ1n) is 4.89. The second-order valence-corrected chi connectivity index (χ2v) is 3.06. The highest BCUT2D eigenvalue weighted by molar-refractivity contribution is 5.19. The molecule has 1 aromatic rings. The van der Waals surface area contributed by atoms with E-state index in [1.165, 1.54) is 0 Å². The molecule has 1 rings (SSSR count). The fourth-order valence-corrected chi connectivity index (χ4v) is 0.909. The molecule has 3 nitrogen and oxygen atoms in total. The summed E-state index contributed by atoms with van der Waals surface area (Å²) < 4.78 is 0. The second-order valence-electron chi connectivity index (χ2n) is 3.06. The summed E-state index contributed by atoms with van der Waals surface area (Å²) in [6.45, 7) is 5.67. The average molecular weight is 209 g/mol. The Morgan fingerprint density at radius 2 is 1.80 bits per heavy atom. The minimum Gasteiger partial charge on any atom is -0.362 e. The minimum absolute atomic E-state index is 0.303. The predicted molar refractivity (Wildman–Crippen MR) is 62.1 cm³/mol. The summed E-state index contributed by atoms with van der Waals surface area (Å²) in [6, 6.07) is 8.81. The normalized spacial score (nSPS) is 10.1. The molecule has 0 saturated carbocycles. The van der Waals surface area contributed by atoms with Gasteiger partial charge in [0.15, 0.2) is 5.79 Å². The summed E-state index contributed by atoms with van der Waals surface area (Å²) in [5.41, 5.74) is 5.45. The Bertz CT molecular complexity index is 270. The van der Waals surface area contributed by atoms with Crippen LogP contribution in [0, 0.1) is 0 Å². The molecule has 0 aliphatic carbocycles. The van der Waals surface area contributed by atoms with E-state index < -0.39 is 5.79 Å². The minimum atomic E-state index is -1.67. The van der Waals surface area contributed by atoms with Crippen molar-refractivity contribution in [3.63, 3.8) is 0 Å². The van der Waals surface area contributed by atoms with E-state index in [9.17, 15) is 10.2 Å². The Morgan fingerprint density at radius 3 is 2.13 bits per heavy atom. The molecule has 0 aliphatic rings. The van der Waals surface area contributed by atoms with Gasteiger partial charge < -0.3 is 15.9 Å². The van der Waals surface area contributed by atoms with Crippen LogP contribution in [0.5, 0.6) is 0 Å². The van der Waals surface area contributed by atoms with Gasteiger partial charge in [0.05, 0.1) is 0 Å². The Hall–Kier alpha value is -1.16. The number of benzene rings is 1. The van der Waals surface area contributed by atoms with Crippen LogP contribution in [-0.4, -0.2) is 16.8 Å². The van der Waals surface area contributed by atoms with E-state index in [1.54, 1.807) is 37.3 Å². The second kappa shape index (κ2) is 7.17. The van der Waals surface area contributed by atoms with Crippen molar-refractivity contribution in [1.82, 2.24) is 0 Å². The van der Waals surface area contributed by atoms with Gasteiger partial charge in [-0.05, 0) is 0 Å². The molecule has 1 aromatic carbocycles. The molecule has 0 fully saturated rings. The van der Waals surface area contributed by atoms with Crippen LogP contribution in [0.1, 0.15) is 18.9 Å². The molecule has 3 heteroatoms. The maximum atomic E-state index is 9.35. The Kier molecular flexibility index (Phi) is 6.62. The Morgan fingerprint density at radius 1 is 1.33 bits per heavy atom. The first kappa shape index (κ1) is 13.8. The molecule has 0 aliphatic heterocycles. The molecule has 84 valence electrons. The van der Waals surface area contributed by atoms with Crippen molar-refractivity contribution in [2.45, 2.75) is 19.1 Å². The van der Waals surface area contributed by atoms with Gasteiger partial charge in [-0.15, -0.1) is 6.58 Å². The van der Waals surface area contributed by atoms with Gasteiger partial charge in [0.1, 0.15) is 0 Å². The molecule has 4 N–H and O–H groups in total. The zero-order valence-corrected chi connectivity index (χ0v) is 9.06. The van der Waals surface area contributed by atoms with E-state index in [-0.39, 0.29) is 0 Å². The molecular weight excluding hydrogens is 190 g/mol. The molecule has 15 heavy (non-hydrogen) atoms. The summed E-state index contributed by atoms with van der Waals surface area (Å²) in [5, 5.41) is 18.7. The molecule has 0 bridgehead atoms. The standard InChI is InChI=1S/C9H12O2.C3H7N/c1-2-9(10,11)8-6-4-3-5-7-8;1-2-3-4/h3-7,10-11H,2H2,1H3;2H,1,3-4H2. The molecule has 0 saturated heterocycles. The highest BCUT2D eigenvalue weighted by Crippen LogP contribution is 2.20. The topological polar surface area (TPSA) is 66.5 Å². The lowest BCUT2D eigenvalue weighted by Crippen LogP contribution is -2.23. The molecule has 0 heterocycles. The van der Waals surface area contributed by atoms with Gasteiger partial charge in [-0.3, -0.25) is 0 Å². The van der Waals surface area contributed by atoms with Crippen molar-refractivity contribution in [1.29, 1.82) is 0 Å². The van der Waals surface area contributed by atoms with Crippen molar-refractivity contribution < 1.29 is 10.2 Å². The average Bonchev–Trinajstić information content (AvgIpc) is 2.30. The molecule has 0 atom stereocenters. The molecule has 0 amide bonds. The zero-order chi connectivity index (χ0) is 11.7. The van der Waals surface area contributed by atoms with Gasteiger partial charge in [0.25, 0.3) is 0 Å². The lowest BCUT2D eigenvalue weighted by molar-refractivity contribution is -0.171. The van der Waals surface area contributed by atoms with E-state index in [2.05, 4.69) is 6.58 Å². The monoisotopic (exact) mass is 209 g/mol. The van der Waals surface area contributed by atoms with Crippen LogP contribution in [0.15, 0.2) is 43.0 Å². The largest absolute Gasteiger partial charge is 0.362 e. The van der Waals surface area contributed by atoms with Crippen LogP contribution in [0.25, 0.3) is 0 Å². The van der Waals surface area contributed by atoms with Gasteiger partial charge in [0, 0.05) is 18.5 Å². The lowest BCUT2D eigenvalue weighted by atomic mass is 10.0. The number of hydrogen-bond donors (Lipinski definition) is 3. The van der Waals surface area contributed by atoms with Crippen molar-refractivity contribution in [3.8, 4) is 0 Å². The Balaban J connectivity index is 0.000000423. The Labute approximate surface area is 90.9 Å². The SMILES string of the molecule is C=CCN.CCC(O)(O)c1ccccc1. The van der Waals surface area contributed by atoms with E-state index in [4.69, 9.17) is 5.73 Å². The number of nitrogens with two attached hydrogens (primary N) is 1. The van der Waals surface area contributed by atoms with Gasteiger partial charge in [-0.2, -0.15) is 0 Å². The summed E-state index contributed by atoms with van der Waals surface area (Å²) in [6.07, 6.45) is 1.96. The van der Waals surface area contributed by atoms with Crippen LogP contribution in [-0.2, 0) is 5.79 Å². The molecule has 0 spiro atoms. The number of rotatable bonds is 3. The number of hydrogen-bond acceptors (Lipinski definition) is 3. The van der Waals surface area contributed by atoms with Crippen molar-refractivity contribution in [2.24, 2.45) is 5.73 Å². The molecule has 0 radical (unpaired) electrons. The third-order valence-corrected chi connectivity index (χ3v) is 1.90. The van der Waals surface area contributed by atoms with Crippen molar-refractivity contribution in [3.05, 3.63) is 48.6 Å². The van der Waals surface area contributed by atoms with E-state index >= 15 is 0 Å². The lowest BCUT2D eigenvalue weighted by Gasteiger charge is -2.19. The number of aliphatic hydroxyl groups is 2. The maximum absolute atomic E-state index is 9.35. The van der Waals surface area contributed by atoms with E-state index in [1.807, 2.05) is 6.07 Å². The maximum Gasteiger partial charge on any atom is 0.189 e. The van der Waals surface area contributed by atoms with Crippen LogP contribution < -0.4 is 5.73 Å². The first-order chi connectivity index (χ1) is 7.08. The van der Waals surface area contributed by atoms with Crippen LogP contribution in [0.3, 0.4) is 0 Å². The molecule has 0 unspecified atom stereocenters. The van der Waals surface area contributed by atoms with Gasteiger partial charge >= 0.3 is 0 Å². The molecular formula is C12H19NO2. The quantitative estimate of drug-likeness (QED) is 0.520. The predicted octanol–water partition coefficient (Wildman–Crippen LogP) is 1.37. The van der Waals surface area contributed by atoms with Crippen molar-refractivity contribution in [2.75, 3.05) is 6.54 Å². The van der Waals surface area contributed by atoms with E-state index in [0.717, 1.165) is 0 Å². The highest BCUT2D eigenvalue weighted by atomic mass is 16.5. The first-order valence-corrected chi connectivity index (χ1v) is 4.89. The highest BCUT2D eigenvalue weighted by Gasteiger charge is 2.21. The molecule has 0 aromatic heterocycles. The summed E-state index contributed by atoms with van der Waals surface area (Å²) in [5.74, 6) is -1.67. The smallest absolute Gasteiger partial charge is 0.189 e. The van der Waals surface area contributed by atoms with E-state index in [0.29, 0.717) is 18.5 Å². The van der Waals surface area contributed by atoms with Crippen LogP contribution in [0.4, 0.5) is 0 Å². The summed E-state index contributed by atoms with van der Waals surface area (Å²) >= 11 is 0. The third-order valence-electron chi connectivity index (χ3n) is 1.90. The summed E-state index contributed by atoms with van der Waals surface area (Å²) in [7, 11) is 0. The summed E-state index contributed by atoms with van der Waals surface area (Å²) in [4.78, 5) is 0. The van der Waals surface area contributed by atoms with Gasteiger partial charge in [0.2, 0.25) is 0 Å². The van der Waals surface area contributed by atoms with Gasteiger partial charge in [-0.1, -0.05) is 43.3 Å². The fraction of sp³-hybridized carbons (Fsp3) is 0.333. The van der Waals surface area contributed by atoms with Gasteiger partial charge in [-0.25, -0.2) is 0 Å². The van der Waals surface area contributed by atoms with Crippen molar-refractivity contribution >= 4 is 0 Å². The van der Waals surface area contributed by atoms with Crippen LogP contribution in [0.2, 0.25) is 0 Å². The zero-order valence-electron chi connectivity index (χ0n) is 9.06. The fourth-order valence-electron chi connectivity index (χ4n) is 0.909.